The molecule has 0 atom stereocenters. The summed E-state index contributed by atoms with van der Waals surface area (Å²) in [5.74, 6) is -31.6. The summed E-state index contributed by atoms with van der Waals surface area (Å²) in [6.07, 6.45) is 12.5. The van der Waals surface area contributed by atoms with Gasteiger partial charge in [-0.05, 0) is 12.8 Å². The summed E-state index contributed by atoms with van der Waals surface area (Å²) >= 11 is 0. The molecule has 2 amide bonds. The molecule has 38 heavy (non-hydrogen) atoms. The zero-order valence-electron chi connectivity index (χ0n) is 22.6. The van der Waals surface area contributed by atoms with Crippen LogP contribution >= 0.6 is 0 Å². The van der Waals surface area contributed by atoms with E-state index in [4.69, 9.17) is 0 Å². The fraction of sp³-hybridized carbons (Fsp3) is 0.923. The van der Waals surface area contributed by atoms with Crippen LogP contribution in [0.15, 0.2) is 0 Å². The molecule has 0 aliphatic rings. The van der Waals surface area contributed by atoms with Crippen molar-refractivity contribution in [2.45, 2.75) is 140 Å². The Balaban J connectivity index is 4.76. The van der Waals surface area contributed by atoms with E-state index in [1.807, 2.05) is 13.8 Å². The SMILES string of the molecule is CCCCCCCCCCNC(=O)C(F)(F)C(F)(F)C(F)(F)C(F)(F)C(=O)NCCCCCCCCCC. The lowest BCUT2D eigenvalue weighted by Gasteiger charge is -2.35. The second kappa shape index (κ2) is 17.9. The van der Waals surface area contributed by atoms with Gasteiger partial charge in [0.05, 0.1) is 0 Å². The maximum atomic E-state index is 14.1. The van der Waals surface area contributed by atoms with Gasteiger partial charge < -0.3 is 10.6 Å². The molecule has 0 aromatic heterocycles. The fourth-order valence-corrected chi connectivity index (χ4v) is 3.82. The Bertz CT molecular complexity index is 620. The van der Waals surface area contributed by atoms with Crippen molar-refractivity contribution >= 4 is 11.8 Å². The maximum Gasteiger partial charge on any atom is 0.392 e. The van der Waals surface area contributed by atoms with Gasteiger partial charge in [-0.2, -0.15) is 35.1 Å². The van der Waals surface area contributed by atoms with Crippen LogP contribution in [0.25, 0.3) is 0 Å². The van der Waals surface area contributed by atoms with Gasteiger partial charge in [0.15, 0.2) is 0 Å². The van der Waals surface area contributed by atoms with Crippen LogP contribution in [0.5, 0.6) is 0 Å². The van der Waals surface area contributed by atoms with E-state index in [1.165, 1.54) is 10.6 Å². The summed E-state index contributed by atoms with van der Waals surface area (Å²) in [5.41, 5.74) is 0. The molecule has 0 aromatic carbocycles. The van der Waals surface area contributed by atoms with Gasteiger partial charge in [-0.15, -0.1) is 0 Å². The zero-order valence-corrected chi connectivity index (χ0v) is 22.6. The highest BCUT2D eigenvalue weighted by atomic mass is 19.4. The number of rotatable bonds is 23. The highest BCUT2D eigenvalue weighted by Crippen LogP contribution is 2.52. The third kappa shape index (κ3) is 10.9. The van der Waals surface area contributed by atoms with E-state index in [1.54, 1.807) is 0 Å². The molecule has 0 heterocycles. The summed E-state index contributed by atoms with van der Waals surface area (Å²) in [5, 5.41) is 2.83. The first kappa shape index (κ1) is 36.4. The minimum atomic E-state index is -6.83. The van der Waals surface area contributed by atoms with Gasteiger partial charge in [0.25, 0.3) is 11.8 Å². The molecule has 12 heteroatoms. The van der Waals surface area contributed by atoms with Gasteiger partial charge in [-0.1, -0.05) is 104 Å². The number of unbranched alkanes of at least 4 members (excludes halogenated alkanes) is 14. The third-order valence-corrected chi connectivity index (χ3v) is 6.39. The molecule has 0 rings (SSSR count). The number of hydrogen-bond donors (Lipinski definition) is 2. The second-order valence-corrected chi connectivity index (χ2v) is 9.76. The first-order chi connectivity index (χ1) is 17.7. The first-order valence-electron chi connectivity index (χ1n) is 13.8. The molecule has 0 unspecified atom stereocenters. The Kier molecular flexibility index (Phi) is 17.1. The molecule has 2 N–H and O–H groups in total. The zero-order chi connectivity index (χ0) is 29.3. The largest absolute Gasteiger partial charge is 0.392 e. The normalized spacial score (nSPS) is 13.0. The standard InChI is InChI=1S/C26H44F8N2O2/c1-3-5-7-9-11-13-15-17-19-35-21(37)23(27,28)25(31,32)26(33,34)24(29,30)22(38)36-20-18-16-14-12-10-8-6-4-2/h3-20H2,1-2H3,(H,35,37)(H,36,38). The van der Waals surface area contributed by atoms with Crippen molar-refractivity contribution in [1.29, 1.82) is 0 Å². The van der Waals surface area contributed by atoms with Crippen LogP contribution < -0.4 is 10.6 Å². The Morgan fingerprint density at radius 1 is 0.447 bits per heavy atom. The molecule has 226 valence electrons. The molecule has 0 saturated heterocycles. The van der Waals surface area contributed by atoms with E-state index in [0.717, 1.165) is 64.2 Å². The van der Waals surface area contributed by atoms with Gasteiger partial charge in [-0.25, -0.2) is 0 Å². The molecule has 0 saturated carbocycles. The van der Waals surface area contributed by atoms with Crippen molar-refractivity contribution in [2.24, 2.45) is 0 Å². The molecule has 0 fully saturated rings. The lowest BCUT2D eigenvalue weighted by molar-refractivity contribution is -0.347. The highest BCUT2D eigenvalue weighted by molar-refractivity contribution is 5.87. The second-order valence-electron chi connectivity index (χ2n) is 9.76. The average molecular weight is 569 g/mol. The van der Waals surface area contributed by atoms with E-state index in [9.17, 15) is 44.7 Å². The van der Waals surface area contributed by atoms with Crippen molar-refractivity contribution in [2.75, 3.05) is 13.1 Å². The van der Waals surface area contributed by atoms with Crippen LogP contribution in [-0.2, 0) is 9.59 Å². The highest BCUT2D eigenvalue weighted by Gasteiger charge is 2.84. The van der Waals surface area contributed by atoms with Gasteiger partial charge in [0, 0.05) is 13.1 Å². The molecular weight excluding hydrogens is 524 g/mol. The van der Waals surface area contributed by atoms with Crippen LogP contribution in [0.3, 0.4) is 0 Å². The van der Waals surface area contributed by atoms with Crippen molar-refractivity contribution < 1.29 is 44.7 Å². The van der Waals surface area contributed by atoms with Crippen LogP contribution in [0, 0.1) is 0 Å². The van der Waals surface area contributed by atoms with Crippen LogP contribution in [0.2, 0.25) is 0 Å². The predicted octanol–water partition coefficient (Wildman–Crippen LogP) is 8.04. The lowest BCUT2D eigenvalue weighted by Crippen LogP contribution is -2.69. The monoisotopic (exact) mass is 568 g/mol. The Hall–Kier alpha value is -1.62. The van der Waals surface area contributed by atoms with E-state index in [0.29, 0.717) is 25.7 Å². The molecule has 0 bridgehead atoms. The van der Waals surface area contributed by atoms with Gasteiger partial charge in [0.2, 0.25) is 0 Å². The third-order valence-electron chi connectivity index (χ3n) is 6.39. The number of alkyl halides is 8. The molecule has 0 aromatic rings. The summed E-state index contributed by atoms with van der Waals surface area (Å²) in [6.45, 7) is 3.07. The predicted molar refractivity (Wildman–Crippen MR) is 131 cm³/mol. The molecular formula is C26H44F8N2O2. The quantitative estimate of drug-likeness (QED) is 0.0968. The summed E-state index contributed by atoms with van der Waals surface area (Å²) in [4.78, 5) is 23.2. The number of carbonyl (C=O) groups excluding carboxylic acids is 2. The van der Waals surface area contributed by atoms with Gasteiger partial charge >= 0.3 is 23.7 Å². The molecule has 0 aliphatic heterocycles. The number of hydrogen-bond acceptors (Lipinski definition) is 2. The van der Waals surface area contributed by atoms with Crippen molar-refractivity contribution in [1.82, 2.24) is 10.6 Å². The van der Waals surface area contributed by atoms with Crippen molar-refractivity contribution in [3.8, 4) is 0 Å². The number of nitrogens with one attached hydrogen (secondary N) is 2. The van der Waals surface area contributed by atoms with E-state index < -0.39 is 48.6 Å². The van der Waals surface area contributed by atoms with Crippen LogP contribution in [-0.4, -0.2) is 48.6 Å². The molecule has 0 radical (unpaired) electrons. The number of halogens is 8. The molecule has 0 spiro atoms. The smallest absolute Gasteiger partial charge is 0.351 e. The van der Waals surface area contributed by atoms with Crippen LogP contribution in [0.4, 0.5) is 35.1 Å². The average Bonchev–Trinajstić information content (AvgIpc) is 2.85. The Morgan fingerprint density at radius 3 is 0.947 bits per heavy atom. The van der Waals surface area contributed by atoms with E-state index in [-0.39, 0.29) is 12.8 Å². The molecule has 0 aliphatic carbocycles. The Labute approximate surface area is 221 Å². The van der Waals surface area contributed by atoms with E-state index in [2.05, 4.69) is 0 Å². The lowest BCUT2D eigenvalue weighted by atomic mass is 9.97. The number of carbonyl (C=O) groups is 2. The Morgan fingerprint density at radius 2 is 0.684 bits per heavy atom. The van der Waals surface area contributed by atoms with E-state index >= 15 is 0 Å². The maximum absolute atomic E-state index is 14.1. The first-order valence-corrected chi connectivity index (χ1v) is 13.8. The summed E-state index contributed by atoms with van der Waals surface area (Å²) in [6, 6.07) is 0. The minimum Gasteiger partial charge on any atom is -0.351 e. The summed E-state index contributed by atoms with van der Waals surface area (Å²) < 4.78 is 112. The van der Waals surface area contributed by atoms with Gasteiger partial charge in [0.1, 0.15) is 0 Å². The fourth-order valence-electron chi connectivity index (χ4n) is 3.82. The van der Waals surface area contributed by atoms with Gasteiger partial charge in [-0.3, -0.25) is 9.59 Å². The van der Waals surface area contributed by atoms with Crippen LogP contribution in [0.1, 0.15) is 117 Å². The topological polar surface area (TPSA) is 58.2 Å². The summed E-state index contributed by atoms with van der Waals surface area (Å²) in [7, 11) is 0. The van der Waals surface area contributed by atoms with Crippen molar-refractivity contribution in [3.63, 3.8) is 0 Å². The number of amides is 2. The molecule has 4 nitrogen and oxygen atoms in total. The van der Waals surface area contributed by atoms with Crippen molar-refractivity contribution in [3.05, 3.63) is 0 Å². The minimum absolute atomic E-state index is 0.120.